The Labute approximate surface area is 239 Å². The van der Waals surface area contributed by atoms with Crippen molar-refractivity contribution in [2.75, 3.05) is 13.2 Å². The van der Waals surface area contributed by atoms with Crippen LogP contribution in [0.1, 0.15) is 86.1 Å². The van der Waals surface area contributed by atoms with E-state index in [0.717, 1.165) is 0 Å². The second-order valence-corrected chi connectivity index (χ2v) is 10.4. The molecule has 14 heteroatoms. The second-order valence-electron chi connectivity index (χ2n) is 10.4. The van der Waals surface area contributed by atoms with Gasteiger partial charge in [0.25, 0.3) is 0 Å². The number of aliphatic hydroxyl groups is 2. The van der Waals surface area contributed by atoms with Crippen LogP contribution >= 0.6 is 0 Å². The molecular weight excluding hydrogens is 552 g/mol. The van der Waals surface area contributed by atoms with Crippen molar-refractivity contribution in [3.63, 3.8) is 0 Å². The van der Waals surface area contributed by atoms with Crippen LogP contribution in [0.15, 0.2) is 23.3 Å². The van der Waals surface area contributed by atoms with Gasteiger partial charge in [-0.2, -0.15) is 0 Å². The van der Waals surface area contributed by atoms with Crippen LogP contribution in [0.5, 0.6) is 11.5 Å². The molecule has 0 saturated carbocycles. The van der Waals surface area contributed by atoms with Crippen LogP contribution in [0.3, 0.4) is 0 Å². The lowest BCUT2D eigenvalue weighted by atomic mass is 9.73. The van der Waals surface area contributed by atoms with E-state index in [9.17, 15) is 39.6 Å². The minimum Gasteiger partial charge on any atom is -0.507 e. The molecule has 222 valence electrons. The van der Waals surface area contributed by atoms with Crippen molar-refractivity contribution in [2.24, 2.45) is 16.8 Å². The van der Waals surface area contributed by atoms with Crippen LogP contribution in [-0.2, 0) is 20.7 Å². The van der Waals surface area contributed by atoms with Crippen molar-refractivity contribution in [3.8, 4) is 11.5 Å². The third-order valence-electron chi connectivity index (χ3n) is 7.30. The van der Waals surface area contributed by atoms with Gasteiger partial charge in [-0.05, 0) is 37.3 Å². The Morgan fingerprint density at radius 3 is 2.43 bits per heavy atom. The van der Waals surface area contributed by atoms with Gasteiger partial charge in [0.15, 0.2) is 23.6 Å². The SMILES string of the molecule is CC(C)OC(CC(N)CO)O[C@H]1CC(C(=O)CO)Cc2c(O)c3c(c(O)c21)C(=O)c1c(C(=O)N=[N+]=[N-])cccc1C3=O. The molecule has 0 aromatic heterocycles. The Morgan fingerprint density at radius 2 is 1.81 bits per heavy atom. The lowest BCUT2D eigenvalue weighted by molar-refractivity contribution is -0.200. The van der Waals surface area contributed by atoms with Crippen LogP contribution in [0.4, 0.5) is 0 Å². The van der Waals surface area contributed by atoms with Crippen LogP contribution in [0, 0.1) is 5.92 Å². The highest BCUT2D eigenvalue weighted by atomic mass is 16.7. The molecular formula is C28H30N4O10. The van der Waals surface area contributed by atoms with Gasteiger partial charge in [0.1, 0.15) is 18.1 Å². The number of rotatable bonds is 10. The number of carbonyl (C=O) groups excluding carboxylic acids is 4. The Hall–Kier alpha value is -4.17. The van der Waals surface area contributed by atoms with Gasteiger partial charge >= 0.3 is 0 Å². The Kier molecular flexibility index (Phi) is 9.06. The lowest BCUT2D eigenvalue weighted by Crippen LogP contribution is -2.36. The highest BCUT2D eigenvalue weighted by Crippen LogP contribution is 2.51. The summed E-state index contributed by atoms with van der Waals surface area (Å²) in [4.78, 5) is 54.9. The predicted octanol–water partition coefficient (Wildman–Crippen LogP) is 1.97. The largest absolute Gasteiger partial charge is 0.507 e. The van der Waals surface area contributed by atoms with Gasteiger partial charge in [-0.1, -0.05) is 18.2 Å². The van der Waals surface area contributed by atoms with Crippen LogP contribution in [-0.4, -0.2) is 75.3 Å². The highest BCUT2D eigenvalue weighted by molar-refractivity contribution is 6.32. The summed E-state index contributed by atoms with van der Waals surface area (Å²) in [6.07, 6.45) is -2.89. The highest BCUT2D eigenvalue weighted by Gasteiger charge is 2.44. The van der Waals surface area contributed by atoms with E-state index in [4.69, 9.17) is 20.7 Å². The number of hydrogen-bond acceptors (Lipinski definition) is 11. The van der Waals surface area contributed by atoms with E-state index in [2.05, 4.69) is 10.0 Å². The number of carbonyl (C=O) groups is 4. The Bertz CT molecular complexity index is 1510. The molecule has 0 aliphatic heterocycles. The summed E-state index contributed by atoms with van der Waals surface area (Å²) in [5.74, 6) is -5.81. The quantitative estimate of drug-likeness (QED) is 0.0760. The first-order valence-corrected chi connectivity index (χ1v) is 13.2. The number of nitrogens with two attached hydrogens (primary N) is 1. The van der Waals surface area contributed by atoms with Gasteiger partial charge in [0.2, 0.25) is 5.91 Å². The van der Waals surface area contributed by atoms with Crippen molar-refractivity contribution in [2.45, 2.75) is 57.6 Å². The number of nitrogens with zero attached hydrogens (tertiary/aromatic N) is 3. The number of ketones is 3. The number of fused-ring (bicyclic) bond motifs is 3. The van der Waals surface area contributed by atoms with Crippen molar-refractivity contribution in [1.29, 1.82) is 0 Å². The molecule has 42 heavy (non-hydrogen) atoms. The molecule has 0 radical (unpaired) electrons. The molecule has 3 unspecified atom stereocenters. The smallest absolute Gasteiger partial charge is 0.249 e. The monoisotopic (exact) mass is 582 g/mol. The summed E-state index contributed by atoms with van der Waals surface area (Å²) >= 11 is 0. The number of phenols is 2. The molecule has 4 atom stereocenters. The van der Waals surface area contributed by atoms with Gasteiger partial charge < -0.3 is 35.6 Å². The maximum atomic E-state index is 13.8. The zero-order chi connectivity index (χ0) is 30.9. The molecule has 0 heterocycles. The zero-order valence-corrected chi connectivity index (χ0v) is 22.8. The van der Waals surface area contributed by atoms with Crippen LogP contribution in [0.2, 0.25) is 0 Å². The van der Waals surface area contributed by atoms with Crippen LogP contribution < -0.4 is 5.73 Å². The average Bonchev–Trinajstić information content (AvgIpc) is 2.96. The maximum Gasteiger partial charge on any atom is 0.249 e. The number of Topliss-reactive ketones (excluding diaryl/α,β-unsaturated/α-hetero) is 1. The standard InChI is InChI=1S/C28H30N4O10/c1-11(2)41-19(8-13(29)9-33)42-18-7-12(17(35)10-34)6-16-21(18)27(39)23-22(25(16)37)24(36)14-4-3-5-15(20(14)26(23)38)28(40)31-32-30/h3-5,11-13,18-19,33-34,37,39H,6-10,29H2,1-2H3/t12?,13?,18-,19?/m0/s1. The van der Waals surface area contributed by atoms with Gasteiger partial charge in [0.05, 0.1) is 29.9 Å². The molecule has 14 nitrogen and oxygen atoms in total. The predicted molar refractivity (Wildman–Crippen MR) is 144 cm³/mol. The summed E-state index contributed by atoms with van der Waals surface area (Å²) in [5.41, 5.74) is 12.4. The summed E-state index contributed by atoms with van der Waals surface area (Å²) in [6, 6.07) is 3.00. The van der Waals surface area contributed by atoms with E-state index in [-0.39, 0.29) is 54.2 Å². The first kappa shape index (κ1) is 30.8. The third kappa shape index (κ3) is 5.51. The summed E-state index contributed by atoms with van der Waals surface area (Å²) in [6.45, 7) is 2.26. The van der Waals surface area contributed by atoms with E-state index in [1.807, 2.05) is 0 Å². The Morgan fingerprint density at radius 1 is 1.12 bits per heavy atom. The molecule has 2 aromatic carbocycles. The normalized spacial score (nSPS) is 18.9. The number of hydrogen-bond donors (Lipinski definition) is 5. The fourth-order valence-electron chi connectivity index (χ4n) is 5.46. The summed E-state index contributed by atoms with van der Waals surface area (Å²) in [5, 5.41) is 45.0. The van der Waals surface area contributed by atoms with Gasteiger partial charge in [-0.25, -0.2) is 0 Å². The van der Waals surface area contributed by atoms with Gasteiger partial charge in [-0.15, -0.1) is 0 Å². The molecule has 2 aliphatic carbocycles. The van der Waals surface area contributed by atoms with E-state index in [1.54, 1.807) is 13.8 Å². The van der Waals surface area contributed by atoms with Crippen molar-refractivity contribution in [1.82, 2.24) is 0 Å². The molecule has 0 saturated heterocycles. The first-order chi connectivity index (χ1) is 19.9. The topological polar surface area (TPSA) is 242 Å². The molecule has 4 rings (SSSR count). The summed E-state index contributed by atoms with van der Waals surface area (Å²) in [7, 11) is 0. The molecule has 1 amide bonds. The number of amides is 1. The minimum atomic E-state index is -1.19. The molecule has 0 bridgehead atoms. The number of azide groups is 1. The fourth-order valence-corrected chi connectivity index (χ4v) is 5.46. The first-order valence-electron chi connectivity index (χ1n) is 13.2. The van der Waals surface area contributed by atoms with Gasteiger partial charge in [-0.3, -0.25) is 19.2 Å². The molecule has 2 aliphatic rings. The number of aliphatic hydroxyl groups excluding tert-OH is 2. The Balaban J connectivity index is 1.93. The fraction of sp³-hybridized carbons (Fsp3) is 0.429. The van der Waals surface area contributed by atoms with Gasteiger partial charge in [0, 0.05) is 51.1 Å². The minimum absolute atomic E-state index is 0.00643. The summed E-state index contributed by atoms with van der Waals surface area (Å²) < 4.78 is 12.0. The van der Waals surface area contributed by atoms with E-state index >= 15 is 0 Å². The number of phenolic OH excluding ortho intramolecular Hbond substituents is 2. The van der Waals surface area contributed by atoms with Crippen molar-refractivity contribution in [3.05, 3.63) is 67.6 Å². The average molecular weight is 583 g/mol. The van der Waals surface area contributed by atoms with E-state index < -0.39 is 82.4 Å². The molecule has 2 aromatic rings. The zero-order valence-electron chi connectivity index (χ0n) is 22.8. The maximum absolute atomic E-state index is 13.8. The van der Waals surface area contributed by atoms with Crippen molar-refractivity contribution < 1.29 is 49.1 Å². The second kappa shape index (κ2) is 12.4. The van der Waals surface area contributed by atoms with E-state index in [1.165, 1.54) is 18.2 Å². The van der Waals surface area contributed by atoms with Crippen molar-refractivity contribution >= 4 is 23.3 Å². The number of aromatic hydroxyl groups is 2. The lowest BCUT2D eigenvalue weighted by Gasteiger charge is -2.36. The van der Waals surface area contributed by atoms with Crippen LogP contribution in [0.25, 0.3) is 10.4 Å². The number of benzene rings is 2. The van der Waals surface area contributed by atoms with E-state index in [0.29, 0.717) is 0 Å². The molecule has 0 fully saturated rings. The molecule has 6 N–H and O–H groups in total. The third-order valence-corrected chi connectivity index (χ3v) is 7.30. The number of ether oxygens (including phenoxy) is 2. The molecule has 0 spiro atoms.